The summed E-state index contributed by atoms with van der Waals surface area (Å²) in [6, 6.07) is 5.54. The first-order chi connectivity index (χ1) is 9.47. The predicted molar refractivity (Wildman–Crippen MR) is 79.9 cm³/mol. The third-order valence-corrected chi connectivity index (χ3v) is 5.78. The van der Waals surface area contributed by atoms with Crippen LogP contribution in [0.3, 0.4) is 0 Å². The molecule has 0 saturated heterocycles. The van der Waals surface area contributed by atoms with E-state index in [9.17, 15) is 8.42 Å². The average molecular weight is 291 g/mol. The highest BCUT2D eigenvalue weighted by atomic mass is 32.2. The van der Waals surface area contributed by atoms with Gasteiger partial charge in [0.1, 0.15) is 0 Å². The maximum absolute atomic E-state index is 11.9. The lowest BCUT2D eigenvalue weighted by Crippen LogP contribution is -2.20. The Balaban J connectivity index is 2.12. The smallest absolute Gasteiger partial charge is 0.225 e. The van der Waals surface area contributed by atoms with E-state index in [1.165, 1.54) is 12.8 Å². The maximum atomic E-state index is 11.9. The summed E-state index contributed by atoms with van der Waals surface area (Å²) in [5.74, 6) is 1.44. The van der Waals surface area contributed by atoms with Gasteiger partial charge in [0.25, 0.3) is 0 Å². The minimum absolute atomic E-state index is 0.326. The number of benzene rings is 1. The van der Waals surface area contributed by atoms with Gasteiger partial charge >= 0.3 is 0 Å². The van der Waals surface area contributed by atoms with Crippen LogP contribution in [0.5, 0.6) is 0 Å². The Bertz CT molecular complexity index is 632. The number of allylic oxidation sites excluding steroid dienone is 2. The fraction of sp³-hybridized carbons (Fsp3) is 0.500. The van der Waals surface area contributed by atoms with Crippen LogP contribution in [0.1, 0.15) is 42.7 Å². The zero-order valence-electron chi connectivity index (χ0n) is 11.7. The van der Waals surface area contributed by atoms with E-state index in [4.69, 9.17) is 5.14 Å². The topological polar surface area (TPSA) is 60.2 Å². The van der Waals surface area contributed by atoms with Crippen molar-refractivity contribution in [2.24, 2.45) is 17.0 Å². The molecule has 0 radical (unpaired) electrons. The lowest BCUT2D eigenvalue weighted by atomic mass is 9.81. The molecule has 0 heterocycles. The normalized spacial score (nSPS) is 29.4. The quantitative estimate of drug-likeness (QED) is 0.851. The lowest BCUT2D eigenvalue weighted by molar-refractivity contribution is 0.420. The summed E-state index contributed by atoms with van der Waals surface area (Å²) in [6.45, 7) is 2.01. The zero-order valence-corrected chi connectivity index (χ0v) is 12.6. The van der Waals surface area contributed by atoms with Crippen LogP contribution >= 0.6 is 0 Å². The van der Waals surface area contributed by atoms with Gasteiger partial charge in [0.2, 0.25) is 10.0 Å². The monoisotopic (exact) mass is 291 g/mol. The molecule has 0 aromatic heterocycles. The van der Waals surface area contributed by atoms with Crippen LogP contribution in [0.25, 0.3) is 0 Å². The first kappa shape index (κ1) is 13.8. The summed E-state index contributed by atoms with van der Waals surface area (Å²) < 4.78 is 23.8. The van der Waals surface area contributed by atoms with E-state index in [2.05, 4.69) is 12.2 Å². The number of aryl methyl sites for hydroxylation is 1. The molecule has 1 fully saturated rings. The van der Waals surface area contributed by atoms with Gasteiger partial charge in [-0.05, 0) is 62.0 Å². The van der Waals surface area contributed by atoms with Crippen molar-refractivity contribution < 1.29 is 8.42 Å². The molecule has 2 aliphatic rings. The Morgan fingerprint density at radius 3 is 2.25 bits per heavy atom. The van der Waals surface area contributed by atoms with Crippen molar-refractivity contribution in [3.63, 3.8) is 0 Å². The second-order valence-electron chi connectivity index (χ2n) is 6.15. The fourth-order valence-electron chi connectivity index (χ4n) is 3.94. The molecule has 0 aliphatic heterocycles. The summed E-state index contributed by atoms with van der Waals surface area (Å²) in [7, 11) is -3.65. The van der Waals surface area contributed by atoms with E-state index in [0.29, 0.717) is 22.6 Å². The largest absolute Gasteiger partial charge is 0.238 e. The van der Waals surface area contributed by atoms with Gasteiger partial charge in [-0.15, -0.1) is 0 Å². The summed E-state index contributed by atoms with van der Waals surface area (Å²) >= 11 is 0. The van der Waals surface area contributed by atoms with Crippen LogP contribution in [0.4, 0.5) is 0 Å². The van der Waals surface area contributed by atoms with E-state index < -0.39 is 10.0 Å². The molecule has 0 spiro atoms. The van der Waals surface area contributed by atoms with E-state index in [0.717, 1.165) is 24.0 Å². The van der Waals surface area contributed by atoms with Gasteiger partial charge in [-0.1, -0.05) is 29.8 Å². The van der Waals surface area contributed by atoms with Crippen LogP contribution < -0.4 is 5.14 Å². The number of nitrogens with two attached hydrogens (primary N) is 1. The van der Waals surface area contributed by atoms with Crippen LogP contribution in [0.2, 0.25) is 0 Å². The number of fused-ring (bicyclic) bond motifs is 2. The molecular formula is C16H21NO2S. The van der Waals surface area contributed by atoms with Crippen molar-refractivity contribution in [1.29, 1.82) is 0 Å². The Morgan fingerprint density at radius 1 is 1.10 bits per heavy atom. The van der Waals surface area contributed by atoms with E-state index in [1.54, 1.807) is 6.07 Å². The van der Waals surface area contributed by atoms with Crippen molar-refractivity contribution in [2.75, 3.05) is 0 Å². The van der Waals surface area contributed by atoms with E-state index >= 15 is 0 Å². The minimum Gasteiger partial charge on any atom is -0.225 e. The number of sulfonamides is 1. The van der Waals surface area contributed by atoms with Crippen LogP contribution in [0, 0.1) is 18.8 Å². The summed E-state index contributed by atoms with van der Waals surface area (Å²) in [4.78, 5) is 0.326. The van der Waals surface area contributed by atoms with Gasteiger partial charge in [-0.3, -0.25) is 0 Å². The molecule has 2 atom stereocenters. The molecule has 2 N–H and O–H groups in total. The highest BCUT2D eigenvalue weighted by Crippen LogP contribution is 2.50. The Hall–Kier alpha value is -1.13. The van der Waals surface area contributed by atoms with Crippen molar-refractivity contribution in [3.8, 4) is 0 Å². The predicted octanol–water partition coefficient (Wildman–Crippen LogP) is 3.10. The zero-order chi connectivity index (χ0) is 14.3. The van der Waals surface area contributed by atoms with Gasteiger partial charge < -0.3 is 0 Å². The Kier molecular flexibility index (Phi) is 3.46. The number of hydrogen-bond donors (Lipinski definition) is 1. The second-order valence-corrected chi connectivity index (χ2v) is 7.68. The second kappa shape index (κ2) is 5.01. The SMILES string of the molecule is Cc1ccc(S(N)(=O)=O)c(C2C3CC=CCC2CC3)c1. The molecule has 1 aromatic carbocycles. The summed E-state index contributed by atoms with van der Waals surface area (Å²) in [5.41, 5.74) is 2.05. The molecule has 1 saturated carbocycles. The van der Waals surface area contributed by atoms with Crippen molar-refractivity contribution in [2.45, 2.75) is 43.4 Å². The highest BCUT2D eigenvalue weighted by Gasteiger charge is 2.39. The van der Waals surface area contributed by atoms with Crippen molar-refractivity contribution >= 4 is 10.0 Å². The van der Waals surface area contributed by atoms with Gasteiger partial charge in [-0.2, -0.15) is 0 Å². The summed E-state index contributed by atoms with van der Waals surface area (Å²) in [5, 5.41) is 5.42. The van der Waals surface area contributed by atoms with Crippen molar-refractivity contribution in [3.05, 3.63) is 41.5 Å². The van der Waals surface area contributed by atoms with E-state index in [-0.39, 0.29) is 0 Å². The third-order valence-electron chi connectivity index (χ3n) is 4.80. The molecular weight excluding hydrogens is 270 g/mol. The van der Waals surface area contributed by atoms with Gasteiger partial charge in [0.05, 0.1) is 4.90 Å². The van der Waals surface area contributed by atoms with Crippen LogP contribution in [-0.4, -0.2) is 8.42 Å². The minimum atomic E-state index is -3.65. The molecule has 2 unspecified atom stereocenters. The first-order valence-corrected chi connectivity index (χ1v) is 8.80. The molecule has 108 valence electrons. The Morgan fingerprint density at radius 2 is 1.70 bits per heavy atom. The number of primary sulfonamides is 1. The van der Waals surface area contributed by atoms with Gasteiger partial charge in [0.15, 0.2) is 0 Å². The first-order valence-electron chi connectivity index (χ1n) is 7.25. The molecule has 1 aromatic rings. The molecule has 2 aliphatic carbocycles. The van der Waals surface area contributed by atoms with Gasteiger partial charge in [-0.25, -0.2) is 13.6 Å². The Labute approximate surface area is 120 Å². The highest BCUT2D eigenvalue weighted by molar-refractivity contribution is 7.89. The van der Waals surface area contributed by atoms with E-state index in [1.807, 2.05) is 19.1 Å². The lowest BCUT2D eigenvalue weighted by Gasteiger charge is -2.25. The molecule has 2 bridgehead atoms. The molecule has 20 heavy (non-hydrogen) atoms. The number of rotatable bonds is 2. The van der Waals surface area contributed by atoms with Gasteiger partial charge in [0, 0.05) is 0 Å². The fourth-order valence-corrected chi connectivity index (χ4v) is 4.72. The average Bonchev–Trinajstić information content (AvgIpc) is 2.61. The standard InChI is InChI=1S/C16H21NO2S/c1-11-6-9-15(20(17,18)19)14(10-11)16-12-4-2-3-5-13(16)8-7-12/h2-3,6,9-10,12-13,16H,4-5,7-8H2,1H3,(H2,17,18,19). The van der Waals surface area contributed by atoms with Crippen molar-refractivity contribution in [1.82, 2.24) is 0 Å². The number of hydrogen-bond acceptors (Lipinski definition) is 2. The molecule has 4 heteroatoms. The maximum Gasteiger partial charge on any atom is 0.238 e. The van der Waals surface area contributed by atoms with Crippen LogP contribution in [-0.2, 0) is 10.0 Å². The molecule has 0 amide bonds. The third kappa shape index (κ3) is 2.42. The molecule has 3 nitrogen and oxygen atoms in total. The molecule has 3 rings (SSSR count). The summed E-state index contributed by atoms with van der Waals surface area (Å²) in [6.07, 6.45) is 9.00. The van der Waals surface area contributed by atoms with Crippen LogP contribution in [0.15, 0.2) is 35.2 Å².